The van der Waals surface area contributed by atoms with E-state index in [0.717, 1.165) is 16.7 Å². The lowest BCUT2D eigenvalue weighted by atomic mass is 9.69. The van der Waals surface area contributed by atoms with E-state index >= 15 is 0 Å². The third-order valence-corrected chi connectivity index (χ3v) is 6.09. The van der Waals surface area contributed by atoms with Gasteiger partial charge in [-0.05, 0) is 61.5 Å². The molecule has 1 aromatic heterocycles. The summed E-state index contributed by atoms with van der Waals surface area (Å²) < 4.78 is 0. The molecule has 1 heterocycles. The van der Waals surface area contributed by atoms with Crippen molar-refractivity contribution in [1.82, 2.24) is 9.88 Å². The van der Waals surface area contributed by atoms with Crippen LogP contribution in [0.25, 0.3) is 11.6 Å². The normalized spacial score (nSPS) is 15.2. The van der Waals surface area contributed by atoms with Gasteiger partial charge in [0.15, 0.2) is 0 Å². The predicted octanol–water partition coefficient (Wildman–Crippen LogP) is 5.12. The van der Waals surface area contributed by atoms with Crippen LogP contribution >= 0.6 is 11.6 Å². The molecule has 0 amide bonds. The van der Waals surface area contributed by atoms with Crippen molar-refractivity contribution in [1.29, 1.82) is 0 Å². The largest absolute Gasteiger partial charge is 0.493 e. The van der Waals surface area contributed by atoms with E-state index in [0.29, 0.717) is 29.1 Å². The molecule has 0 saturated heterocycles. The summed E-state index contributed by atoms with van der Waals surface area (Å²) >= 11 is 6.16. The minimum Gasteiger partial charge on any atom is -0.493 e. The van der Waals surface area contributed by atoms with E-state index in [9.17, 15) is 10.2 Å². The summed E-state index contributed by atoms with van der Waals surface area (Å²) in [6, 6.07) is 18.8. The molecule has 4 rings (SSSR count). The first-order valence-corrected chi connectivity index (χ1v) is 10.9. The zero-order valence-electron chi connectivity index (χ0n) is 18.1. The number of rotatable bonds is 7. The van der Waals surface area contributed by atoms with Crippen molar-refractivity contribution in [2.45, 2.75) is 17.9 Å². The van der Waals surface area contributed by atoms with Gasteiger partial charge in [-0.3, -0.25) is 0 Å². The first-order valence-electron chi connectivity index (χ1n) is 10.5. The molecule has 1 aliphatic carbocycles. The summed E-state index contributed by atoms with van der Waals surface area (Å²) in [7, 11) is 3.94. The second kappa shape index (κ2) is 9.18. The summed E-state index contributed by atoms with van der Waals surface area (Å²) in [5.41, 5.74) is 8.74. The molecule has 2 N–H and O–H groups in total. The van der Waals surface area contributed by atoms with Gasteiger partial charge in [0.2, 0.25) is 5.88 Å². The molecule has 2 unspecified atom stereocenters. The Hall–Kier alpha value is -3.10. The number of benzene rings is 2. The smallest absolute Gasteiger partial charge is 0.214 e. The van der Waals surface area contributed by atoms with Crippen LogP contribution in [0.4, 0.5) is 0 Å². The lowest BCUT2D eigenvalue weighted by Gasteiger charge is -2.39. The first-order chi connectivity index (χ1) is 15.4. The highest BCUT2D eigenvalue weighted by Gasteiger charge is 2.44. The Morgan fingerprint density at radius 1 is 1.06 bits per heavy atom. The van der Waals surface area contributed by atoms with E-state index in [1.54, 1.807) is 24.3 Å². The minimum absolute atomic E-state index is 0.111. The highest BCUT2D eigenvalue weighted by molar-refractivity contribution is 6.30. The topological polar surface area (TPSA) is 56.6 Å². The third kappa shape index (κ3) is 4.28. The molecule has 162 valence electrons. The Labute approximate surface area is 193 Å². The zero-order valence-corrected chi connectivity index (χ0v) is 18.8. The van der Waals surface area contributed by atoms with Crippen molar-refractivity contribution in [2.24, 2.45) is 0 Å². The molecule has 1 aliphatic rings. The molecule has 2 aromatic carbocycles. The van der Waals surface area contributed by atoms with Gasteiger partial charge in [-0.2, -0.15) is 0 Å². The molecule has 0 fully saturated rings. The lowest BCUT2D eigenvalue weighted by molar-refractivity contribution is 0.0659. The van der Waals surface area contributed by atoms with E-state index in [4.69, 9.17) is 11.6 Å². The Morgan fingerprint density at radius 3 is 2.53 bits per heavy atom. The monoisotopic (exact) mass is 444 g/mol. The average Bonchev–Trinajstić information content (AvgIpc) is 2.80. The van der Waals surface area contributed by atoms with Crippen LogP contribution in [0.1, 0.15) is 34.6 Å². The molecule has 4 nitrogen and oxygen atoms in total. The second-order valence-corrected chi connectivity index (χ2v) is 8.69. The van der Waals surface area contributed by atoms with Gasteiger partial charge in [0.1, 0.15) is 5.60 Å². The maximum absolute atomic E-state index is 12.5. The van der Waals surface area contributed by atoms with Gasteiger partial charge in [-0.1, -0.05) is 65.5 Å². The predicted molar refractivity (Wildman–Crippen MR) is 129 cm³/mol. The molecule has 0 bridgehead atoms. The van der Waals surface area contributed by atoms with Crippen LogP contribution in [0.2, 0.25) is 5.02 Å². The molecule has 0 radical (unpaired) electrons. The fourth-order valence-corrected chi connectivity index (χ4v) is 4.38. The highest BCUT2D eigenvalue weighted by Crippen LogP contribution is 2.48. The summed E-state index contributed by atoms with van der Waals surface area (Å²) in [6.07, 6.45) is 3.80. The number of nitrogens with zero attached hydrogens (tertiary/aromatic N) is 2. The van der Waals surface area contributed by atoms with E-state index in [2.05, 4.69) is 16.4 Å². The maximum Gasteiger partial charge on any atom is 0.214 e. The number of aromatic hydroxyl groups is 1. The van der Waals surface area contributed by atoms with Gasteiger partial charge in [0.05, 0.1) is 0 Å². The standard InChI is InChI=1S/C27H25ClN2O2/c1-30(2)18-16-27(32,24-11-5-8-19-7-3-4-9-22(19)24)25(20-12-14-21(28)15-13-20)23-10-6-17-29-26(23)31/h3-4,6-10,12-15,17,25,32H,16,18H2,1-2H3,(H,29,31). The molecule has 5 heteroatoms. The fourth-order valence-electron chi connectivity index (χ4n) is 4.26. The third-order valence-electron chi connectivity index (χ3n) is 5.84. The Morgan fingerprint density at radius 2 is 1.81 bits per heavy atom. The van der Waals surface area contributed by atoms with Crippen molar-refractivity contribution < 1.29 is 10.2 Å². The number of aromatic nitrogens is 1. The molecular formula is C27H25ClN2O2. The van der Waals surface area contributed by atoms with Crippen LogP contribution < -0.4 is 0 Å². The van der Waals surface area contributed by atoms with E-state index < -0.39 is 11.5 Å². The molecular weight excluding hydrogens is 420 g/mol. The van der Waals surface area contributed by atoms with Crippen LogP contribution in [-0.4, -0.2) is 46.3 Å². The van der Waals surface area contributed by atoms with Gasteiger partial charge in [0, 0.05) is 34.8 Å². The summed E-state index contributed by atoms with van der Waals surface area (Å²) in [6.45, 7) is 0.624. The Bertz CT molecular complexity index is 1220. The number of halogens is 1. The summed E-state index contributed by atoms with van der Waals surface area (Å²) in [5, 5.41) is 23.9. The summed E-state index contributed by atoms with van der Waals surface area (Å²) in [4.78, 5) is 6.13. The van der Waals surface area contributed by atoms with Crippen LogP contribution in [-0.2, 0) is 0 Å². The van der Waals surface area contributed by atoms with Crippen molar-refractivity contribution in [2.75, 3.05) is 20.6 Å². The molecule has 0 aliphatic heterocycles. The number of fused-ring (bicyclic) bond motifs is 1. The van der Waals surface area contributed by atoms with Crippen molar-refractivity contribution in [3.63, 3.8) is 0 Å². The second-order valence-electron chi connectivity index (χ2n) is 8.25. The molecule has 3 aromatic rings. The Balaban J connectivity index is 1.98. The van der Waals surface area contributed by atoms with Gasteiger partial charge in [-0.25, -0.2) is 4.98 Å². The first kappa shape index (κ1) is 22.1. The van der Waals surface area contributed by atoms with E-state index in [1.807, 2.05) is 61.5 Å². The van der Waals surface area contributed by atoms with Crippen molar-refractivity contribution in [3.8, 4) is 5.88 Å². The number of hydrogen-bond acceptors (Lipinski definition) is 4. The molecule has 32 heavy (non-hydrogen) atoms. The number of pyridine rings is 1. The number of hydrogen-bond donors (Lipinski definition) is 2. The van der Waals surface area contributed by atoms with E-state index in [-0.39, 0.29) is 5.88 Å². The lowest BCUT2D eigenvalue weighted by Crippen LogP contribution is -2.41. The molecule has 0 spiro atoms. The van der Waals surface area contributed by atoms with Gasteiger partial charge >= 0.3 is 0 Å². The van der Waals surface area contributed by atoms with Crippen LogP contribution in [0, 0.1) is 0 Å². The van der Waals surface area contributed by atoms with Crippen molar-refractivity contribution in [3.05, 3.63) is 106 Å². The van der Waals surface area contributed by atoms with Gasteiger partial charge < -0.3 is 15.1 Å². The molecule has 2 atom stereocenters. The van der Waals surface area contributed by atoms with Crippen LogP contribution in [0.3, 0.4) is 0 Å². The quantitative estimate of drug-likeness (QED) is 0.496. The van der Waals surface area contributed by atoms with Gasteiger partial charge in [0.25, 0.3) is 0 Å². The van der Waals surface area contributed by atoms with Crippen LogP contribution in [0.5, 0.6) is 5.88 Å². The molecule has 0 saturated carbocycles. The van der Waals surface area contributed by atoms with Crippen LogP contribution in [0.15, 0.2) is 78.3 Å². The van der Waals surface area contributed by atoms with Gasteiger partial charge in [-0.15, -0.1) is 0 Å². The fraction of sp³-hybridized carbons (Fsp3) is 0.222. The van der Waals surface area contributed by atoms with Crippen molar-refractivity contribution >= 4 is 23.3 Å². The maximum atomic E-state index is 12.5. The average molecular weight is 445 g/mol. The zero-order chi connectivity index (χ0) is 22.7. The summed E-state index contributed by atoms with van der Waals surface area (Å²) in [5.74, 6) is -0.719. The number of aliphatic hydroxyl groups is 1. The highest BCUT2D eigenvalue weighted by atomic mass is 35.5. The van der Waals surface area contributed by atoms with E-state index in [1.165, 1.54) is 6.20 Å². The Kier molecular flexibility index (Phi) is 6.34. The SMILES string of the molecule is CN(C)CCC(O)(C1=C=C=Cc2ccccc21)C(c1ccc(Cl)cc1)c1cccnc1O. The minimum atomic E-state index is -1.41.